The van der Waals surface area contributed by atoms with Crippen molar-refractivity contribution in [3.8, 4) is 5.69 Å². The van der Waals surface area contributed by atoms with Crippen LogP contribution in [-0.4, -0.2) is 20.4 Å². The van der Waals surface area contributed by atoms with Crippen molar-refractivity contribution in [2.45, 2.75) is 0 Å². The molecular formula is C18H14N4O2. The van der Waals surface area contributed by atoms with Gasteiger partial charge in [0, 0.05) is 29.3 Å². The molecule has 0 spiro atoms. The molecular weight excluding hydrogens is 304 g/mol. The third-order valence-electron chi connectivity index (χ3n) is 3.78. The lowest BCUT2D eigenvalue weighted by Crippen LogP contribution is -2.12. The molecule has 4 aromatic rings. The summed E-state index contributed by atoms with van der Waals surface area (Å²) in [6.45, 7) is 0. The molecule has 0 aliphatic heterocycles. The number of amides is 1. The summed E-state index contributed by atoms with van der Waals surface area (Å²) in [6, 6.07) is 16.5. The van der Waals surface area contributed by atoms with Gasteiger partial charge in [-0.25, -0.2) is 4.79 Å². The van der Waals surface area contributed by atoms with Crippen molar-refractivity contribution < 1.29 is 4.79 Å². The summed E-state index contributed by atoms with van der Waals surface area (Å²) in [6.07, 6.45) is 3.85. The first-order valence-corrected chi connectivity index (χ1v) is 7.46. The minimum atomic E-state index is -0.270. The Balaban J connectivity index is 1.61. The number of nitrogens with zero attached hydrogens (tertiary/aromatic N) is 1. The van der Waals surface area contributed by atoms with Crippen LogP contribution in [0.2, 0.25) is 0 Å². The quantitative estimate of drug-likeness (QED) is 0.543. The normalized spacial score (nSPS) is 10.8. The Kier molecular flexibility index (Phi) is 3.28. The van der Waals surface area contributed by atoms with Crippen molar-refractivity contribution in [1.82, 2.24) is 14.5 Å². The van der Waals surface area contributed by atoms with E-state index in [9.17, 15) is 9.59 Å². The minimum Gasteiger partial charge on any atom is -0.324 e. The van der Waals surface area contributed by atoms with E-state index in [4.69, 9.17) is 0 Å². The zero-order chi connectivity index (χ0) is 16.5. The van der Waals surface area contributed by atoms with Gasteiger partial charge in [-0.2, -0.15) is 0 Å². The first-order valence-electron chi connectivity index (χ1n) is 7.46. The Labute approximate surface area is 136 Å². The summed E-state index contributed by atoms with van der Waals surface area (Å²) in [4.78, 5) is 29.1. The molecule has 6 nitrogen and oxygen atoms in total. The van der Waals surface area contributed by atoms with Gasteiger partial charge in [-0.1, -0.05) is 6.07 Å². The van der Waals surface area contributed by atoms with E-state index in [0.717, 1.165) is 5.69 Å². The molecule has 24 heavy (non-hydrogen) atoms. The molecule has 0 aliphatic rings. The van der Waals surface area contributed by atoms with Crippen LogP contribution in [0.5, 0.6) is 0 Å². The second-order valence-corrected chi connectivity index (χ2v) is 5.43. The Morgan fingerprint density at radius 1 is 0.917 bits per heavy atom. The number of anilines is 1. The summed E-state index contributed by atoms with van der Waals surface area (Å²) in [7, 11) is 0. The predicted octanol–water partition coefficient (Wildman–Crippen LogP) is 2.90. The third kappa shape index (κ3) is 2.61. The lowest BCUT2D eigenvalue weighted by Gasteiger charge is -2.08. The number of aromatic nitrogens is 3. The van der Waals surface area contributed by atoms with Gasteiger partial charge in [0.2, 0.25) is 0 Å². The maximum atomic E-state index is 12.5. The van der Waals surface area contributed by atoms with Gasteiger partial charge in [0.1, 0.15) is 0 Å². The highest BCUT2D eigenvalue weighted by Gasteiger charge is 2.08. The van der Waals surface area contributed by atoms with Crippen LogP contribution in [0.25, 0.3) is 16.7 Å². The number of nitrogens with one attached hydrogen (secondary N) is 3. The van der Waals surface area contributed by atoms with Gasteiger partial charge in [0.05, 0.1) is 11.0 Å². The van der Waals surface area contributed by atoms with E-state index >= 15 is 0 Å². The molecule has 1 amide bonds. The maximum absolute atomic E-state index is 12.5. The van der Waals surface area contributed by atoms with E-state index < -0.39 is 0 Å². The van der Waals surface area contributed by atoms with E-state index in [0.29, 0.717) is 22.3 Å². The number of H-pyrrole nitrogens is 2. The molecule has 2 aromatic carbocycles. The standard InChI is InChI=1S/C18H14N4O2/c23-17(12-4-3-5-14(10-12)22-8-1-2-9-22)19-13-6-7-15-16(11-13)21-18(24)20-15/h1-11H,(H,19,23)(H2,20,21,24). The number of hydrogen-bond donors (Lipinski definition) is 3. The predicted molar refractivity (Wildman–Crippen MR) is 92.6 cm³/mol. The third-order valence-corrected chi connectivity index (χ3v) is 3.78. The van der Waals surface area contributed by atoms with Crippen molar-refractivity contribution in [1.29, 1.82) is 0 Å². The van der Waals surface area contributed by atoms with E-state index in [1.165, 1.54) is 0 Å². The van der Waals surface area contributed by atoms with Crippen LogP contribution >= 0.6 is 0 Å². The molecule has 0 fully saturated rings. The smallest absolute Gasteiger partial charge is 0.323 e. The fourth-order valence-corrected chi connectivity index (χ4v) is 2.63. The average Bonchev–Trinajstić information content (AvgIpc) is 3.23. The minimum absolute atomic E-state index is 0.207. The zero-order valence-electron chi connectivity index (χ0n) is 12.6. The van der Waals surface area contributed by atoms with E-state index in [-0.39, 0.29) is 11.6 Å². The first-order chi connectivity index (χ1) is 11.7. The number of hydrogen-bond acceptors (Lipinski definition) is 2. The van der Waals surface area contributed by atoms with Crippen LogP contribution in [0.15, 0.2) is 71.8 Å². The molecule has 2 heterocycles. The Bertz CT molecular complexity index is 1070. The Morgan fingerprint density at radius 2 is 1.71 bits per heavy atom. The molecule has 6 heteroatoms. The summed E-state index contributed by atoms with van der Waals surface area (Å²) in [5.74, 6) is -0.207. The Hall–Kier alpha value is -3.54. The molecule has 0 saturated carbocycles. The highest BCUT2D eigenvalue weighted by Crippen LogP contribution is 2.17. The SMILES string of the molecule is O=C(Nc1ccc2[nH]c(=O)[nH]c2c1)c1cccc(-n2cccc2)c1. The second-order valence-electron chi connectivity index (χ2n) is 5.43. The van der Waals surface area contributed by atoms with Gasteiger partial charge < -0.3 is 19.9 Å². The molecule has 2 aromatic heterocycles. The molecule has 0 saturated heterocycles. The Morgan fingerprint density at radius 3 is 2.54 bits per heavy atom. The summed E-state index contributed by atoms with van der Waals surface area (Å²) >= 11 is 0. The molecule has 0 radical (unpaired) electrons. The van der Waals surface area contributed by atoms with E-state index in [1.807, 2.05) is 47.3 Å². The number of carbonyl (C=O) groups excluding carboxylic acids is 1. The summed E-state index contributed by atoms with van der Waals surface area (Å²) in [5.41, 5.74) is 3.18. The monoisotopic (exact) mass is 318 g/mol. The van der Waals surface area contributed by atoms with Crippen LogP contribution < -0.4 is 11.0 Å². The first kappa shape index (κ1) is 14.1. The number of aromatic amines is 2. The van der Waals surface area contributed by atoms with E-state index in [1.54, 1.807) is 24.3 Å². The largest absolute Gasteiger partial charge is 0.324 e. The van der Waals surface area contributed by atoms with Crippen molar-refractivity contribution in [3.63, 3.8) is 0 Å². The van der Waals surface area contributed by atoms with Gasteiger partial charge in [0.25, 0.3) is 5.91 Å². The lowest BCUT2D eigenvalue weighted by atomic mass is 10.1. The molecule has 0 aliphatic carbocycles. The number of carbonyl (C=O) groups is 1. The molecule has 118 valence electrons. The summed E-state index contributed by atoms with van der Waals surface area (Å²) < 4.78 is 1.94. The van der Waals surface area contributed by atoms with Gasteiger partial charge in [-0.05, 0) is 48.5 Å². The number of rotatable bonds is 3. The van der Waals surface area contributed by atoms with Crippen molar-refractivity contribution >= 4 is 22.6 Å². The van der Waals surface area contributed by atoms with Crippen molar-refractivity contribution in [2.75, 3.05) is 5.32 Å². The maximum Gasteiger partial charge on any atom is 0.323 e. The fourth-order valence-electron chi connectivity index (χ4n) is 2.63. The topological polar surface area (TPSA) is 82.7 Å². The number of benzene rings is 2. The van der Waals surface area contributed by atoms with Gasteiger partial charge >= 0.3 is 5.69 Å². The van der Waals surface area contributed by atoms with Gasteiger partial charge in [0.15, 0.2) is 0 Å². The second kappa shape index (κ2) is 5.58. The number of fused-ring (bicyclic) bond motifs is 1. The average molecular weight is 318 g/mol. The van der Waals surface area contributed by atoms with E-state index in [2.05, 4.69) is 15.3 Å². The van der Waals surface area contributed by atoms with Crippen molar-refractivity contribution in [2.24, 2.45) is 0 Å². The van der Waals surface area contributed by atoms with Crippen LogP contribution in [0.1, 0.15) is 10.4 Å². The number of imidazole rings is 1. The molecule has 3 N–H and O–H groups in total. The van der Waals surface area contributed by atoms with Crippen LogP contribution in [0.4, 0.5) is 5.69 Å². The molecule has 0 atom stereocenters. The highest BCUT2D eigenvalue weighted by molar-refractivity contribution is 6.05. The van der Waals surface area contributed by atoms with Crippen molar-refractivity contribution in [3.05, 3.63) is 83.0 Å². The molecule has 0 bridgehead atoms. The molecule has 0 unspecified atom stereocenters. The van der Waals surface area contributed by atoms with Crippen LogP contribution in [-0.2, 0) is 0 Å². The van der Waals surface area contributed by atoms with Crippen LogP contribution in [0, 0.1) is 0 Å². The van der Waals surface area contributed by atoms with Gasteiger partial charge in [-0.3, -0.25) is 4.79 Å². The molecule has 4 rings (SSSR count). The summed E-state index contributed by atoms with van der Waals surface area (Å²) in [5, 5.41) is 2.85. The van der Waals surface area contributed by atoms with Crippen LogP contribution in [0.3, 0.4) is 0 Å². The highest BCUT2D eigenvalue weighted by atomic mass is 16.2. The van der Waals surface area contributed by atoms with Gasteiger partial charge in [-0.15, -0.1) is 0 Å². The fraction of sp³-hybridized carbons (Fsp3) is 0. The zero-order valence-corrected chi connectivity index (χ0v) is 12.6. The lowest BCUT2D eigenvalue weighted by molar-refractivity contribution is 0.102.